The van der Waals surface area contributed by atoms with Gasteiger partial charge in [-0.25, -0.2) is 0 Å². The Bertz CT molecular complexity index is 488. The molecule has 2 aliphatic rings. The zero-order valence-corrected chi connectivity index (χ0v) is 16.6. The van der Waals surface area contributed by atoms with E-state index in [0.717, 1.165) is 25.7 Å². The van der Waals surface area contributed by atoms with E-state index in [2.05, 4.69) is 39.9 Å². The number of amides is 2. The zero-order chi connectivity index (χ0) is 18.3. The van der Waals surface area contributed by atoms with Crippen LogP contribution in [0.1, 0.15) is 73.6 Å². The van der Waals surface area contributed by atoms with Gasteiger partial charge in [-0.2, -0.15) is 0 Å². The molecule has 0 radical (unpaired) electrons. The molecule has 138 valence electrons. The van der Waals surface area contributed by atoms with Gasteiger partial charge in [0.15, 0.2) is 0 Å². The minimum absolute atomic E-state index is 0.00920. The maximum Gasteiger partial charge on any atom is 0.223 e. The Morgan fingerprint density at radius 1 is 1.17 bits per heavy atom. The predicted molar refractivity (Wildman–Crippen MR) is 97.5 cm³/mol. The second kappa shape index (κ2) is 6.68. The average Bonchev–Trinajstić information content (AvgIpc) is 3.32. The molecule has 0 bridgehead atoms. The Kier molecular flexibility index (Phi) is 5.37. The lowest BCUT2D eigenvalue weighted by Crippen LogP contribution is -2.39. The molecule has 4 heteroatoms. The maximum absolute atomic E-state index is 12.4. The van der Waals surface area contributed by atoms with Crippen molar-refractivity contribution in [2.45, 2.75) is 85.7 Å². The molecule has 0 aromatic rings. The molecule has 2 amide bonds. The van der Waals surface area contributed by atoms with Crippen molar-refractivity contribution in [3.63, 3.8) is 0 Å². The molecular formula is C20H36N2O2. The summed E-state index contributed by atoms with van der Waals surface area (Å²) in [5.74, 6) is 0.976. The van der Waals surface area contributed by atoms with Gasteiger partial charge >= 0.3 is 0 Å². The number of hydrogen-bond donors (Lipinski definition) is 1. The van der Waals surface area contributed by atoms with E-state index >= 15 is 0 Å². The fourth-order valence-electron chi connectivity index (χ4n) is 3.45. The van der Waals surface area contributed by atoms with Crippen LogP contribution < -0.4 is 5.32 Å². The summed E-state index contributed by atoms with van der Waals surface area (Å²) in [4.78, 5) is 26.7. The summed E-state index contributed by atoms with van der Waals surface area (Å²) in [6.45, 7) is 12.7. The van der Waals surface area contributed by atoms with Crippen LogP contribution in [0.2, 0.25) is 0 Å². The van der Waals surface area contributed by atoms with Crippen molar-refractivity contribution in [1.82, 2.24) is 10.2 Å². The fourth-order valence-corrected chi connectivity index (χ4v) is 3.45. The number of hydrogen-bond acceptors (Lipinski definition) is 2. The average molecular weight is 337 g/mol. The van der Waals surface area contributed by atoms with Crippen LogP contribution in [0.4, 0.5) is 0 Å². The van der Waals surface area contributed by atoms with Crippen LogP contribution in [-0.2, 0) is 9.59 Å². The molecule has 0 aromatic carbocycles. The van der Waals surface area contributed by atoms with E-state index in [1.807, 2.05) is 18.9 Å². The van der Waals surface area contributed by atoms with Crippen molar-refractivity contribution < 1.29 is 9.59 Å². The monoisotopic (exact) mass is 336 g/mol. The van der Waals surface area contributed by atoms with Crippen LogP contribution in [0.5, 0.6) is 0 Å². The summed E-state index contributed by atoms with van der Waals surface area (Å²) in [6, 6.07) is 0.781. The van der Waals surface area contributed by atoms with E-state index in [4.69, 9.17) is 0 Å². The third-order valence-electron chi connectivity index (χ3n) is 5.74. The smallest absolute Gasteiger partial charge is 0.223 e. The number of nitrogens with zero attached hydrogens (tertiary/aromatic N) is 1. The highest BCUT2D eigenvalue weighted by Gasteiger charge is 2.47. The number of rotatable bonds is 7. The molecule has 0 aromatic heterocycles. The predicted octanol–water partition coefficient (Wildman–Crippen LogP) is 3.60. The van der Waals surface area contributed by atoms with Crippen molar-refractivity contribution in [2.24, 2.45) is 22.7 Å². The van der Waals surface area contributed by atoms with Gasteiger partial charge in [0.2, 0.25) is 11.8 Å². The molecule has 24 heavy (non-hydrogen) atoms. The molecule has 0 spiro atoms. The fraction of sp³-hybridized carbons (Fsp3) is 0.900. The van der Waals surface area contributed by atoms with Gasteiger partial charge in [-0.05, 0) is 42.4 Å². The topological polar surface area (TPSA) is 49.4 Å². The number of nitrogens with one attached hydrogen (secondary N) is 1. The van der Waals surface area contributed by atoms with Gasteiger partial charge < -0.3 is 10.2 Å². The molecule has 2 fully saturated rings. The van der Waals surface area contributed by atoms with Gasteiger partial charge in [0.1, 0.15) is 0 Å². The first kappa shape index (κ1) is 19.3. The molecule has 3 unspecified atom stereocenters. The quantitative estimate of drug-likeness (QED) is 0.772. The molecule has 2 aliphatic carbocycles. The lowest BCUT2D eigenvalue weighted by atomic mass is 9.75. The lowest BCUT2D eigenvalue weighted by molar-refractivity contribution is -0.133. The van der Waals surface area contributed by atoms with Crippen molar-refractivity contribution in [1.29, 1.82) is 0 Å². The Labute approximate surface area is 147 Å². The van der Waals surface area contributed by atoms with Crippen molar-refractivity contribution in [3.05, 3.63) is 0 Å². The second-order valence-corrected chi connectivity index (χ2v) is 10.0. The first-order valence-corrected chi connectivity index (χ1v) is 9.47. The summed E-state index contributed by atoms with van der Waals surface area (Å²) in [6.07, 6.45) is 4.93. The van der Waals surface area contributed by atoms with Crippen LogP contribution in [0, 0.1) is 22.7 Å². The maximum atomic E-state index is 12.4. The van der Waals surface area contributed by atoms with E-state index in [-0.39, 0.29) is 28.6 Å². The summed E-state index contributed by atoms with van der Waals surface area (Å²) >= 11 is 0. The largest absolute Gasteiger partial charge is 0.353 e. The van der Waals surface area contributed by atoms with Crippen molar-refractivity contribution in [3.8, 4) is 0 Å². The Hall–Kier alpha value is -1.06. The van der Waals surface area contributed by atoms with Gasteiger partial charge in [0.25, 0.3) is 0 Å². The Morgan fingerprint density at radius 2 is 1.75 bits per heavy atom. The SMILES string of the molecule is CC(C(=O)NC1CC1)C(C)(C)CC1CC1N(C)C(=O)CC(C)(C)C. The van der Waals surface area contributed by atoms with Crippen LogP contribution >= 0.6 is 0 Å². The van der Waals surface area contributed by atoms with Gasteiger partial charge in [-0.15, -0.1) is 0 Å². The minimum Gasteiger partial charge on any atom is -0.353 e. The van der Waals surface area contributed by atoms with E-state index < -0.39 is 0 Å². The van der Waals surface area contributed by atoms with E-state index in [9.17, 15) is 9.59 Å². The van der Waals surface area contributed by atoms with Gasteiger partial charge in [-0.3, -0.25) is 9.59 Å². The summed E-state index contributed by atoms with van der Waals surface area (Å²) in [5.41, 5.74) is -0.00326. The summed E-state index contributed by atoms with van der Waals surface area (Å²) in [7, 11) is 1.94. The Morgan fingerprint density at radius 3 is 2.25 bits per heavy atom. The van der Waals surface area contributed by atoms with Crippen LogP contribution in [-0.4, -0.2) is 35.8 Å². The summed E-state index contributed by atoms with van der Waals surface area (Å²) in [5, 5.41) is 3.13. The highest BCUT2D eigenvalue weighted by Crippen LogP contribution is 2.46. The second-order valence-electron chi connectivity index (χ2n) is 10.0. The zero-order valence-electron chi connectivity index (χ0n) is 16.6. The normalized spacial score (nSPS) is 25.1. The van der Waals surface area contributed by atoms with Gasteiger partial charge in [0.05, 0.1) is 0 Å². The Balaban J connectivity index is 1.83. The summed E-state index contributed by atoms with van der Waals surface area (Å²) < 4.78 is 0. The molecule has 2 saturated carbocycles. The number of carbonyl (C=O) groups is 2. The highest BCUT2D eigenvalue weighted by molar-refractivity contribution is 5.79. The molecule has 0 aliphatic heterocycles. The third-order valence-corrected chi connectivity index (χ3v) is 5.74. The highest BCUT2D eigenvalue weighted by atomic mass is 16.2. The molecular weight excluding hydrogens is 300 g/mol. The van der Waals surface area contributed by atoms with E-state index in [1.54, 1.807) is 0 Å². The number of carbonyl (C=O) groups excluding carboxylic acids is 2. The van der Waals surface area contributed by atoms with Crippen molar-refractivity contribution >= 4 is 11.8 Å². The third kappa shape index (κ3) is 5.22. The van der Waals surface area contributed by atoms with Gasteiger partial charge in [-0.1, -0.05) is 41.5 Å². The van der Waals surface area contributed by atoms with Crippen LogP contribution in [0.3, 0.4) is 0 Å². The van der Waals surface area contributed by atoms with Crippen LogP contribution in [0.25, 0.3) is 0 Å². The molecule has 2 rings (SSSR count). The van der Waals surface area contributed by atoms with Crippen LogP contribution in [0.15, 0.2) is 0 Å². The van der Waals surface area contributed by atoms with Gasteiger partial charge in [0, 0.05) is 31.5 Å². The minimum atomic E-state index is -0.0354. The molecule has 0 heterocycles. The first-order valence-electron chi connectivity index (χ1n) is 9.47. The molecule has 1 N–H and O–H groups in total. The lowest BCUT2D eigenvalue weighted by Gasteiger charge is -2.32. The molecule has 0 saturated heterocycles. The standard InChI is InChI=1S/C20H36N2O2/c1-13(18(24)21-15-8-9-15)20(5,6)11-14-10-16(14)22(7)17(23)12-19(2,3)4/h13-16H,8-12H2,1-7H3,(H,21,24). The molecule has 4 nitrogen and oxygen atoms in total. The first-order chi connectivity index (χ1) is 10.9. The van der Waals surface area contributed by atoms with E-state index in [1.165, 1.54) is 0 Å². The van der Waals surface area contributed by atoms with Crippen molar-refractivity contribution in [2.75, 3.05) is 7.05 Å². The van der Waals surface area contributed by atoms with E-state index in [0.29, 0.717) is 24.4 Å². The molecule has 3 atom stereocenters.